The van der Waals surface area contributed by atoms with Gasteiger partial charge in [0, 0.05) is 11.6 Å². The summed E-state index contributed by atoms with van der Waals surface area (Å²) in [6, 6.07) is 8.59. The minimum atomic E-state index is -0.769. The largest absolute Gasteiger partial charge is 0.422 e. The second-order valence-electron chi connectivity index (χ2n) is 4.53. The minimum Gasteiger partial charge on any atom is -0.422 e. The smallest absolute Gasteiger partial charge is 0.351 e. The van der Waals surface area contributed by atoms with E-state index in [-0.39, 0.29) is 21.5 Å². The molecular weight excluding hydrogens is 357 g/mol. The first-order valence-electron chi connectivity index (χ1n) is 6.14. The molecule has 0 unspecified atom stereocenters. The van der Waals surface area contributed by atoms with Crippen molar-refractivity contribution in [2.75, 3.05) is 0 Å². The molecule has 0 N–H and O–H groups in total. The topological polar surface area (TPSA) is 69.4 Å². The van der Waals surface area contributed by atoms with Crippen LogP contribution < -0.4 is 0 Å². The Morgan fingerprint density at radius 2 is 2.05 bits per heavy atom. The summed E-state index contributed by atoms with van der Waals surface area (Å²) in [5.74, 6) is -0.987. The predicted octanol–water partition coefficient (Wildman–Crippen LogP) is 4.16. The van der Waals surface area contributed by atoms with Crippen molar-refractivity contribution in [1.29, 1.82) is 0 Å². The summed E-state index contributed by atoms with van der Waals surface area (Å²) in [6.45, 7) is 0. The number of carbonyl (C=O) groups excluding carboxylic acids is 1. The van der Waals surface area contributed by atoms with Crippen LogP contribution in [-0.2, 0) is 4.74 Å². The molecule has 22 heavy (non-hydrogen) atoms. The van der Waals surface area contributed by atoms with Gasteiger partial charge in [0.15, 0.2) is 0 Å². The Morgan fingerprint density at radius 1 is 1.27 bits per heavy atom. The molecule has 5 nitrogen and oxygen atoms in total. The molecule has 1 aliphatic heterocycles. The molecule has 0 aromatic heterocycles. The monoisotopic (exact) mass is 363 g/mol. The van der Waals surface area contributed by atoms with Crippen LogP contribution in [0.1, 0.15) is 21.5 Å². The van der Waals surface area contributed by atoms with Crippen molar-refractivity contribution in [2.45, 2.75) is 0 Å². The number of nitro benzene ring substituents is 1. The number of halogens is 2. The van der Waals surface area contributed by atoms with Crippen LogP contribution in [0.2, 0.25) is 0 Å². The third-order valence-corrected chi connectivity index (χ3v) is 3.76. The lowest BCUT2D eigenvalue weighted by atomic mass is 10.0. The van der Waals surface area contributed by atoms with E-state index < -0.39 is 16.7 Å². The average molecular weight is 364 g/mol. The molecule has 0 saturated carbocycles. The lowest BCUT2D eigenvalue weighted by Crippen LogP contribution is -2.00. The molecule has 0 fully saturated rings. The van der Waals surface area contributed by atoms with Crippen molar-refractivity contribution in [1.82, 2.24) is 0 Å². The molecule has 2 aromatic carbocycles. The number of fused-ring (bicyclic) bond motifs is 1. The molecule has 3 rings (SSSR count). The van der Waals surface area contributed by atoms with Gasteiger partial charge in [0.1, 0.15) is 17.1 Å². The molecule has 0 aliphatic carbocycles. The number of nitrogens with zero attached hydrogens (tertiary/aromatic N) is 1. The SMILES string of the molecule is O=C1O/C(=C/c2ccc(F)c(Br)c2)c2cccc([N+](=O)[O-])c21. The van der Waals surface area contributed by atoms with Gasteiger partial charge >= 0.3 is 5.97 Å². The number of esters is 1. The summed E-state index contributed by atoms with van der Waals surface area (Å²) < 4.78 is 18.6. The quantitative estimate of drug-likeness (QED) is 0.456. The van der Waals surface area contributed by atoms with E-state index in [1.807, 2.05) is 0 Å². The van der Waals surface area contributed by atoms with Gasteiger partial charge in [-0.2, -0.15) is 0 Å². The highest BCUT2D eigenvalue weighted by Crippen LogP contribution is 2.36. The van der Waals surface area contributed by atoms with Crippen molar-refractivity contribution < 1.29 is 18.8 Å². The van der Waals surface area contributed by atoms with Crippen LogP contribution in [0.25, 0.3) is 11.8 Å². The highest BCUT2D eigenvalue weighted by atomic mass is 79.9. The Morgan fingerprint density at radius 3 is 2.73 bits per heavy atom. The summed E-state index contributed by atoms with van der Waals surface area (Å²) in [6.07, 6.45) is 1.53. The normalized spacial score (nSPS) is 14.8. The van der Waals surface area contributed by atoms with Crippen LogP contribution in [0.15, 0.2) is 40.9 Å². The number of hydrogen-bond donors (Lipinski definition) is 0. The van der Waals surface area contributed by atoms with Gasteiger partial charge in [-0.25, -0.2) is 9.18 Å². The fraction of sp³-hybridized carbons (Fsp3) is 0. The van der Waals surface area contributed by atoms with Crippen LogP contribution in [0.4, 0.5) is 10.1 Å². The average Bonchev–Trinajstić information content (AvgIpc) is 2.79. The maximum atomic E-state index is 13.2. The Labute approximate surface area is 132 Å². The van der Waals surface area contributed by atoms with E-state index in [1.165, 1.54) is 36.4 Å². The van der Waals surface area contributed by atoms with Crippen LogP contribution in [0.3, 0.4) is 0 Å². The van der Waals surface area contributed by atoms with E-state index in [1.54, 1.807) is 6.07 Å². The molecule has 0 spiro atoms. The summed E-state index contributed by atoms with van der Waals surface area (Å²) in [5.41, 5.74) is 0.571. The molecule has 7 heteroatoms. The molecule has 0 amide bonds. The van der Waals surface area contributed by atoms with E-state index in [9.17, 15) is 19.3 Å². The molecule has 1 aliphatic rings. The summed E-state index contributed by atoms with van der Waals surface area (Å²) in [4.78, 5) is 22.2. The fourth-order valence-electron chi connectivity index (χ4n) is 2.18. The summed E-state index contributed by atoms with van der Waals surface area (Å²) in [5, 5.41) is 11.0. The highest BCUT2D eigenvalue weighted by Gasteiger charge is 2.34. The first kappa shape index (κ1) is 14.4. The van der Waals surface area contributed by atoms with Gasteiger partial charge in [-0.15, -0.1) is 0 Å². The molecular formula is C15H7BrFNO4. The van der Waals surface area contributed by atoms with Crippen molar-refractivity contribution in [3.63, 3.8) is 0 Å². The van der Waals surface area contributed by atoms with E-state index in [4.69, 9.17) is 4.74 Å². The predicted molar refractivity (Wildman–Crippen MR) is 80.5 cm³/mol. The van der Waals surface area contributed by atoms with Gasteiger partial charge in [0.05, 0.1) is 9.40 Å². The molecule has 0 saturated heterocycles. The van der Waals surface area contributed by atoms with Gasteiger partial charge in [0.2, 0.25) is 0 Å². The second-order valence-corrected chi connectivity index (χ2v) is 5.38. The van der Waals surface area contributed by atoms with Crippen LogP contribution >= 0.6 is 15.9 Å². The van der Waals surface area contributed by atoms with Gasteiger partial charge in [0.25, 0.3) is 5.69 Å². The number of cyclic esters (lactones) is 1. The van der Waals surface area contributed by atoms with E-state index >= 15 is 0 Å². The van der Waals surface area contributed by atoms with Gasteiger partial charge in [-0.1, -0.05) is 12.1 Å². The molecule has 0 bridgehead atoms. The Hall–Kier alpha value is -2.54. The zero-order valence-corrected chi connectivity index (χ0v) is 12.5. The lowest BCUT2D eigenvalue weighted by Gasteiger charge is -2.00. The van der Waals surface area contributed by atoms with Crippen molar-refractivity contribution in [2.24, 2.45) is 0 Å². The third-order valence-electron chi connectivity index (χ3n) is 3.15. The number of benzene rings is 2. The van der Waals surface area contributed by atoms with Crippen molar-refractivity contribution >= 4 is 39.4 Å². The second kappa shape index (κ2) is 5.34. The molecule has 110 valence electrons. The van der Waals surface area contributed by atoms with Crippen LogP contribution in [-0.4, -0.2) is 10.9 Å². The van der Waals surface area contributed by atoms with E-state index in [0.29, 0.717) is 11.1 Å². The van der Waals surface area contributed by atoms with E-state index in [2.05, 4.69) is 15.9 Å². The van der Waals surface area contributed by atoms with Crippen molar-refractivity contribution in [3.8, 4) is 0 Å². The van der Waals surface area contributed by atoms with E-state index in [0.717, 1.165) is 0 Å². The molecule has 2 aromatic rings. The number of hydrogen-bond acceptors (Lipinski definition) is 4. The molecule has 0 atom stereocenters. The van der Waals surface area contributed by atoms with Gasteiger partial charge < -0.3 is 4.74 Å². The van der Waals surface area contributed by atoms with Crippen LogP contribution in [0, 0.1) is 15.9 Å². The Balaban J connectivity index is 2.11. The highest BCUT2D eigenvalue weighted by molar-refractivity contribution is 9.10. The Bertz CT molecular complexity index is 847. The first-order valence-corrected chi connectivity index (χ1v) is 6.93. The molecule has 0 radical (unpaired) electrons. The zero-order valence-electron chi connectivity index (χ0n) is 10.9. The number of rotatable bonds is 2. The fourth-order valence-corrected chi connectivity index (χ4v) is 2.58. The third kappa shape index (κ3) is 2.39. The number of ether oxygens (including phenoxy) is 1. The number of carbonyl (C=O) groups is 1. The Kier molecular flexibility index (Phi) is 3.50. The maximum absolute atomic E-state index is 13.2. The van der Waals surface area contributed by atoms with Gasteiger partial charge in [-0.05, 0) is 45.8 Å². The standard InChI is InChI=1S/C15H7BrFNO4/c16-10-6-8(4-5-11(10)17)7-13-9-2-1-3-12(18(20)21)14(9)15(19)22-13/h1-7H/b13-7+. The van der Waals surface area contributed by atoms with Crippen LogP contribution in [0.5, 0.6) is 0 Å². The summed E-state index contributed by atoms with van der Waals surface area (Å²) >= 11 is 3.07. The number of nitro groups is 1. The maximum Gasteiger partial charge on any atom is 0.351 e. The molecule has 1 heterocycles. The lowest BCUT2D eigenvalue weighted by molar-refractivity contribution is -0.385. The zero-order chi connectivity index (χ0) is 15.9. The first-order chi connectivity index (χ1) is 10.5. The minimum absolute atomic E-state index is 0.0695. The van der Waals surface area contributed by atoms with Gasteiger partial charge in [-0.3, -0.25) is 10.1 Å². The summed E-state index contributed by atoms with van der Waals surface area (Å²) in [7, 11) is 0. The van der Waals surface area contributed by atoms with Crippen molar-refractivity contribution in [3.05, 3.63) is 73.5 Å².